The zero-order valence-electron chi connectivity index (χ0n) is 24.4. The summed E-state index contributed by atoms with van der Waals surface area (Å²) in [6, 6.07) is 15.7. The van der Waals surface area contributed by atoms with Gasteiger partial charge in [-0.15, -0.1) is 11.3 Å². The van der Waals surface area contributed by atoms with E-state index in [0.717, 1.165) is 27.3 Å². The molecule has 3 amide bonds. The van der Waals surface area contributed by atoms with Crippen LogP contribution in [0.25, 0.3) is 0 Å². The number of hydrogen-bond donors (Lipinski definition) is 1. The first-order chi connectivity index (χ1) is 19.1. The summed E-state index contributed by atoms with van der Waals surface area (Å²) in [7, 11) is 0. The number of urea groups is 1. The summed E-state index contributed by atoms with van der Waals surface area (Å²) in [4.78, 5) is 32.2. The van der Waals surface area contributed by atoms with Crippen LogP contribution >= 0.6 is 11.3 Å². The smallest absolute Gasteiger partial charge is 0.322 e. The Bertz CT molecular complexity index is 1280. The van der Waals surface area contributed by atoms with E-state index >= 15 is 0 Å². The highest BCUT2D eigenvalue weighted by molar-refractivity contribution is 7.09. The summed E-state index contributed by atoms with van der Waals surface area (Å²) in [5.41, 5.74) is 3.99. The molecule has 0 atom stereocenters. The average Bonchev–Trinajstić information content (AvgIpc) is 3.59. The van der Waals surface area contributed by atoms with Crippen molar-refractivity contribution in [2.75, 3.05) is 25.2 Å². The zero-order valence-corrected chi connectivity index (χ0v) is 25.2. The van der Waals surface area contributed by atoms with E-state index in [1.54, 1.807) is 16.2 Å². The van der Waals surface area contributed by atoms with Gasteiger partial charge in [-0.2, -0.15) is 0 Å². The highest BCUT2D eigenvalue weighted by Gasteiger charge is 2.25. The number of para-hydroxylation sites is 1. The van der Waals surface area contributed by atoms with Crippen LogP contribution in [0.4, 0.5) is 10.5 Å². The van der Waals surface area contributed by atoms with E-state index in [0.29, 0.717) is 31.1 Å². The predicted octanol–water partition coefficient (Wildman–Crippen LogP) is 7.44. The van der Waals surface area contributed by atoms with Crippen molar-refractivity contribution < 1.29 is 19.1 Å². The topological polar surface area (TPSA) is 71.1 Å². The molecule has 0 saturated carbocycles. The molecule has 1 aliphatic rings. The summed E-state index contributed by atoms with van der Waals surface area (Å²) < 4.78 is 11.0. The maximum absolute atomic E-state index is 13.9. The fourth-order valence-electron chi connectivity index (χ4n) is 4.89. The number of carbonyl (C=O) groups is 2. The fraction of sp³-hybridized carbons (Fsp3) is 0.438. The largest absolute Gasteiger partial charge is 0.454 e. The van der Waals surface area contributed by atoms with E-state index in [1.807, 2.05) is 46.7 Å². The minimum Gasteiger partial charge on any atom is -0.454 e. The Balaban J connectivity index is 1.57. The average molecular weight is 564 g/mol. The molecule has 1 aromatic heterocycles. The SMILES string of the molecule is CC(C)CN(CC(=O)N(Cc1ccc2c(c1)OCO2)Cc1cccs1)C(=O)Nc1c(C(C)C)cccc1C(C)C. The third kappa shape index (κ3) is 7.36. The van der Waals surface area contributed by atoms with Gasteiger partial charge in [-0.3, -0.25) is 4.79 Å². The minimum atomic E-state index is -0.254. The lowest BCUT2D eigenvalue weighted by atomic mass is 9.93. The van der Waals surface area contributed by atoms with Gasteiger partial charge in [-0.25, -0.2) is 4.79 Å². The van der Waals surface area contributed by atoms with E-state index in [1.165, 1.54) is 0 Å². The number of nitrogens with one attached hydrogen (secondary N) is 1. The van der Waals surface area contributed by atoms with Crippen molar-refractivity contribution in [2.24, 2.45) is 5.92 Å². The van der Waals surface area contributed by atoms with Crippen LogP contribution in [0.15, 0.2) is 53.9 Å². The first-order valence-electron chi connectivity index (χ1n) is 14.0. The Morgan fingerprint density at radius 2 is 1.57 bits per heavy atom. The second-order valence-corrected chi connectivity index (χ2v) is 12.4. The third-order valence-corrected chi connectivity index (χ3v) is 7.75. The van der Waals surface area contributed by atoms with Crippen LogP contribution in [0.2, 0.25) is 0 Å². The number of ether oxygens (including phenoxy) is 2. The molecule has 0 aliphatic carbocycles. The van der Waals surface area contributed by atoms with Crippen molar-refractivity contribution in [2.45, 2.75) is 66.5 Å². The number of fused-ring (bicyclic) bond motifs is 1. The Morgan fingerprint density at radius 3 is 2.20 bits per heavy atom. The van der Waals surface area contributed by atoms with E-state index in [4.69, 9.17) is 9.47 Å². The second-order valence-electron chi connectivity index (χ2n) is 11.3. The van der Waals surface area contributed by atoms with Crippen molar-refractivity contribution in [1.82, 2.24) is 9.80 Å². The van der Waals surface area contributed by atoms with Gasteiger partial charge in [0.05, 0.1) is 6.54 Å². The third-order valence-electron chi connectivity index (χ3n) is 6.89. The first kappa shape index (κ1) is 29.5. The van der Waals surface area contributed by atoms with Gasteiger partial charge in [-0.05, 0) is 58.0 Å². The maximum atomic E-state index is 13.9. The Labute approximate surface area is 242 Å². The van der Waals surface area contributed by atoms with Gasteiger partial charge in [0.15, 0.2) is 11.5 Å². The normalized spacial score (nSPS) is 12.3. The highest BCUT2D eigenvalue weighted by Crippen LogP contribution is 2.34. The summed E-state index contributed by atoms with van der Waals surface area (Å²) in [5, 5.41) is 5.21. The molecule has 1 aliphatic heterocycles. The number of thiophene rings is 1. The van der Waals surface area contributed by atoms with Gasteiger partial charge < -0.3 is 24.6 Å². The molecule has 0 fully saturated rings. The van der Waals surface area contributed by atoms with Crippen LogP contribution in [0.1, 0.15) is 74.9 Å². The number of nitrogens with zero attached hydrogens (tertiary/aromatic N) is 2. The zero-order chi connectivity index (χ0) is 28.8. The molecule has 0 unspecified atom stereocenters. The Morgan fingerprint density at radius 1 is 0.875 bits per heavy atom. The molecular weight excluding hydrogens is 522 g/mol. The minimum absolute atomic E-state index is 0.0131. The van der Waals surface area contributed by atoms with Crippen molar-refractivity contribution in [3.63, 3.8) is 0 Å². The quantitative estimate of drug-likeness (QED) is 0.263. The molecule has 2 heterocycles. The number of rotatable bonds is 11. The number of amides is 3. The second kappa shape index (κ2) is 13.2. The number of hydrogen-bond acceptors (Lipinski definition) is 5. The van der Waals surface area contributed by atoms with Gasteiger partial charge in [0, 0.05) is 23.7 Å². The van der Waals surface area contributed by atoms with Crippen molar-refractivity contribution in [3.8, 4) is 11.5 Å². The fourth-order valence-corrected chi connectivity index (χ4v) is 5.61. The Kier molecular flexibility index (Phi) is 9.74. The summed E-state index contributed by atoms with van der Waals surface area (Å²) in [6.07, 6.45) is 0. The van der Waals surface area contributed by atoms with Gasteiger partial charge >= 0.3 is 6.03 Å². The molecule has 214 valence electrons. The van der Waals surface area contributed by atoms with Crippen molar-refractivity contribution >= 4 is 29.0 Å². The molecule has 0 spiro atoms. The summed E-state index contributed by atoms with van der Waals surface area (Å²) in [5.74, 6) is 1.98. The van der Waals surface area contributed by atoms with Crippen LogP contribution in [-0.4, -0.2) is 41.6 Å². The lowest BCUT2D eigenvalue weighted by molar-refractivity contribution is -0.133. The van der Waals surface area contributed by atoms with Crippen molar-refractivity contribution in [1.29, 1.82) is 0 Å². The molecular formula is C32H41N3O4S. The van der Waals surface area contributed by atoms with Crippen LogP contribution < -0.4 is 14.8 Å². The summed E-state index contributed by atoms with van der Waals surface area (Å²) in [6.45, 7) is 14.2. The molecule has 40 heavy (non-hydrogen) atoms. The molecule has 2 aromatic carbocycles. The van der Waals surface area contributed by atoms with Gasteiger partial charge in [0.1, 0.15) is 6.54 Å². The predicted molar refractivity (Wildman–Crippen MR) is 161 cm³/mol. The van der Waals surface area contributed by atoms with Crippen LogP contribution in [0, 0.1) is 5.92 Å². The Hall–Kier alpha value is -3.52. The van der Waals surface area contributed by atoms with E-state index in [9.17, 15) is 9.59 Å². The molecule has 0 bridgehead atoms. The highest BCUT2D eigenvalue weighted by atomic mass is 32.1. The van der Waals surface area contributed by atoms with Gasteiger partial charge in [-0.1, -0.05) is 71.9 Å². The lowest BCUT2D eigenvalue weighted by Crippen LogP contribution is -2.45. The van der Waals surface area contributed by atoms with Crippen molar-refractivity contribution in [3.05, 3.63) is 75.5 Å². The standard InChI is InChI=1S/C32H41N3O4S/c1-21(2)16-35(32(37)33-31-26(22(3)4)10-7-11-27(31)23(5)6)19-30(36)34(18-25-9-8-14-40-25)17-24-12-13-28-29(15-24)39-20-38-28/h7-15,21-23H,16-20H2,1-6H3,(H,33,37). The van der Waals surface area contributed by atoms with E-state index < -0.39 is 0 Å². The van der Waals surface area contributed by atoms with Gasteiger partial charge in [0.25, 0.3) is 0 Å². The van der Waals surface area contributed by atoms with Crippen LogP contribution in [-0.2, 0) is 17.9 Å². The molecule has 0 saturated heterocycles. The summed E-state index contributed by atoms with van der Waals surface area (Å²) >= 11 is 1.61. The number of benzene rings is 2. The molecule has 0 radical (unpaired) electrons. The molecule has 8 heteroatoms. The lowest BCUT2D eigenvalue weighted by Gasteiger charge is -2.30. The van der Waals surface area contributed by atoms with Gasteiger partial charge in [0.2, 0.25) is 12.7 Å². The molecule has 7 nitrogen and oxygen atoms in total. The van der Waals surface area contributed by atoms with E-state index in [-0.39, 0.29) is 43.0 Å². The number of carbonyl (C=O) groups excluding carboxylic acids is 2. The van der Waals surface area contributed by atoms with Crippen LogP contribution in [0.3, 0.4) is 0 Å². The number of anilines is 1. The maximum Gasteiger partial charge on any atom is 0.322 e. The molecule has 1 N–H and O–H groups in total. The van der Waals surface area contributed by atoms with E-state index in [2.05, 4.69) is 59.0 Å². The first-order valence-corrected chi connectivity index (χ1v) is 14.9. The monoisotopic (exact) mass is 563 g/mol. The molecule has 3 aromatic rings. The molecule has 4 rings (SSSR count). The van der Waals surface area contributed by atoms with Crippen LogP contribution in [0.5, 0.6) is 11.5 Å².